The van der Waals surface area contributed by atoms with Crippen LogP contribution in [0.2, 0.25) is 0 Å². The number of nitrogens with one attached hydrogen (secondary N) is 2. The van der Waals surface area contributed by atoms with Crippen LogP contribution in [0.25, 0.3) is 0 Å². The number of benzene rings is 1. The van der Waals surface area contributed by atoms with Crippen LogP contribution in [-0.4, -0.2) is 42.1 Å². The van der Waals surface area contributed by atoms with E-state index in [9.17, 15) is 4.79 Å². The summed E-state index contributed by atoms with van der Waals surface area (Å²) >= 11 is 0. The first-order valence-corrected chi connectivity index (χ1v) is 9.45. The van der Waals surface area contributed by atoms with Gasteiger partial charge >= 0.3 is 6.03 Å². The largest absolute Gasteiger partial charge is 0.338 e. The molecule has 2 N–H and O–H groups in total. The molecule has 2 heterocycles. The van der Waals surface area contributed by atoms with Gasteiger partial charge in [-0.2, -0.15) is 0 Å². The Hall–Kier alpha value is -2.40. The summed E-state index contributed by atoms with van der Waals surface area (Å²) in [6.07, 6.45) is 7.02. The fourth-order valence-corrected chi connectivity index (χ4v) is 3.53. The van der Waals surface area contributed by atoms with Gasteiger partial charge < -0.3 is 15.5 Å². The molecule has 0 saturated carbocycles. The molecule has 0 radical (unpaired) electrons. The third kappa shape index (κ3) is 5.30. The molecule has 2 aromatic rings. The molecule has 1 fully saturated rings. The Morgan fingerprint density at radius 1 is 1.19 bits per heavy atom. The second kappa shape index (κ2) is 9.34. The molecule has 1 aromatic heterocycles. The molecular formula is C21H28N4O. The van der Waals surface area contributed by atoms with Gasteiger partial charge in [0.1, 0.15) is 0 Å². The highest BCUT2D eigenvalue weighted by Crippen LogP contribution is 2.18. The van der Waals surface area contributed by atoms with Gasteiger partial charge in [0.2, 0.25) is 0 Å². The molecule has 138 valence electrons. The summed E-state index contributed by atoms with van der Waals surface area (Å²) in [5.74, 6) is 0. The molecule has 1 aliphatic rings. The molecule has 3 rings (SSSR count). The Bertz CT molecular complexity index is 704. The quantitative estimate of drug-likeness (QED) is 0.802. The molecule has 1 aliphatic heterocycles. The van der Waals surface area contributed by atoms with Crippen molar-refractivity contribution in [2.75, 3.05) is 25.5 Å². The van der Waals surface area contributed by atoms with E-state index in [1.165, 1.54) is 19.4 Å². The van der Waals surface area contributed by atoms with E-state index in [1.807, 2.05) is 42.6 Å². The van der Waals surface area contributed by atoms with Gasteiger partial charge in [0.25, 0.3) is 0 Å². The zero-order valence-electron chi connectivity index (χ0n) is 15.4. The highest BCUT2D eigenvalue weighted by atomic mass is 16.2. The lowest BCUT2D eigenvalue weighted by atomic mass is 10.1. The lowest BCUT2D eigenvalue weighted by Crippen LogP contribution is -2.34. The van der Waals surface area contributed by atoms with Crippen LogP contribution < -0.4 is 10.6 Å². The van der Waals surface area contributed by atoms with Crippen molar-refractivity contribution in [2.45, 2.75) is 38.1 Å². The fourth-order valence-electron chi connectivity index (χ4n) is 3.53. The van der Waals surface area contributed by atoms with E-state index >= 15 is 0 Å². The maximum absolute atomic E-state index is 12.2. The zero-order chi connectivity index (χ0) is 18.2. The number of carbonyl (C=O) groups is 1. The number of carbonyl (C=O) groups excluding carboxylic acids is 1. The molecule has 2 amide bonds. The van der Waals surface area contributed by atoms with Crippen molar-refractivity contribution < 1.29 is 4.79 Å². The Kier molecular flexibility index (Phi) is 6.61. The van der Waals surface area contributed by atoms with E-state index in [0.717, 1.165) is 36.2 Å². The Balaban J connectivity index is 1.48. The lowest BCUT2D eigenvalue weighted by Gasteiger charge is -2.19. The van der Waals surface area contributed by atoms with Gasteiger partial charge in [-0.05, 0) is 69.5 Å². The molecule has 1 atom stereocenters. The van der Waals surface area contributed by atoms with Crippen LogP contribution in [0.1, 0.15) is 30.5 Å². The van der Waals surface area contributed by atoms with Crippen molar-refractivity contribution in [2.24, 2.45) is 0 Å². The van der Waals surface area contributed by atoms with E-state index in [1.54, 1.807) is 0 Å². The Morgan fingerprint density at radius 2 is 2.04 bits per heavy atom. The van der Waals surface area contributed by atoms with Crippen LogP contribution in [0.5, 0.6) is 0 Å². The number of aryl methyl sites for hydroxylation is 2. The van der Waals surface area contributed by atoms with Crippen molar-refractivity contribution >= 4 is 11.7 Å². The predicted molar refractivity (Wildman–Crippen MR) is 105 cm³/mol. The molecule has 5 heteroatoms. The molecule has 1 aromatic carbocycles. The number of aromatic nitrogens is 1. The fraction of sp³-hybridized carbons (Fsp3) is 0.429. The number of hydrogen-bond acceptors (Lipinski definition) is 3. The van der Waals surface area contributed by atoms with Gasteiger partial charge in [-0.3, -0.25) is 4.98 Å². The standard InChI is InChI=1S/C21H28N4O/c1-25-16-6-9-19(25)13-15-23-21(26)24-20-10-3-2-7-17(20)11-12-18-8-4-5-14-22-18/h2-5,7-8,10,14,19H,6,9,11-13,15-16H2,1H3,(H2,23,24,26). The van der Waals surface area contributed by atoms with E-state index in [4.69, 9.17) is 0 Å². The minimum atomic E-state index is -0.129. The van der Waals surface area contributed by atoms with Gasteiger partial charge in [-0.1, -0.05) is 24.3 Å². The van der Waals surface area contributed by atoms with Gasteiger partial charge in [-0.15, -0.1) is 0 Å². The summed E-state index contributed by atoms with van der Waals surface area (Å²) in [5, 5.41) is 5.99. The molecule has 0 spiro atoms. The van der Waals surface area contributed by atoms with Crippen LogP contribution in [0.3, 0.4) is 0 Å². The SMILES string of the molecule is CN1CCCC1CCNC(=O)Nc1ccccc1CCc1ccccn1. The summed E-state index contributed by atoms with van der Waals surface area (Å²) in [6, 6.07) is 14.4. The number of hydrogen-bond donors (Lipinski definition) is 2. The molecule has 1 unspecified atom stereocenters. The summed E-state index contributed by atoms with van der Waals surface area (Å²) in [5.41, 5.74) is 3.06. The minimum Gasteiger partial charge on any atom is -0.338 e. The molecule has 0 bridgehead atoms. The minimum absolute atomic E-state index is 0.129. The topological polar surface area (TPSA) is 57.3 Å². The van der Waals surface area contributed by atoms with Crippen molar-refractivity contribution in [3.05, 3.63) is 59.9 Å². The van der Waals surface area contributed by atoms with Crippen molar-refractivity contribution in [1.82, 2.24) is 15.2 Å². The second-order valence-electron chi connectivity index (χ2n) is 6.92. The monoisotopic (exact) mass is 352 g/mol. The second-order valence-corrected chi connectivity index (χ2v) is 6.92. The maximum atomic E-state index is 12.2. The van der Waals surface area contributed by atoms with Crippen molar-refractivity contribution in [1.29, 1.82) is 0 Å². The Labute approximate surface area is 155 Å². The predicted octanol–water partition coefficient (Wildman–Crippen LogP) is 3.47. The summed E-state index contributed by atoms with van der Waals surface area (Å²) < 4.78 is 0. The van der Waals surface area contributed by atoms with E-state index in [2.05, 4.69) is 33.6 Å². The van der Waals surface area contributed by atoms with Crippen LogP contribution in [0.4, 0.5) is 10.5 Å². The lowest BCUT2D eigenvalue weighted by molar-refractivity contribution is 0.248. The normalized spacial score (nSPS) is 17.2. The van der Waals surface area contributed by atoms with Crippen LogP contribution >= 0.6 is 0 Å². The van der Waals surface area contributed by atoms with Crippen molar-refractivity contribution in [3.8, 4) is 0 Å². The van der Waals surface area contributed by atoms with Crippen molar-refractivity contribution in [3.63, 3.8) is 0 Å². The maximum Gasteiger partial charge on any atom is 0.319 e. The summed E-state index contributed by atoms with van der Waals surface area (Å²) in [7, 11) is 2.16. The number of amides is 2. The van der Waals surface area contributed by atoms with Crippen LogP contribution in [0.15, 0.2) is 48.7 Å². The average Bonchev–Trinajstić information content (AvgIpc) is 3.07. The highest BCUT2D eigenvalue weighted by molar-refractivity contribution is 5.90. The third-order valence-corrected chi connectivity index (χ3v) is 5.08. The molecule has 26 heavy (non-hydrogen) atoms. The smallest absolute Gasteiger partial charge is 0.319 e. The summed E-state index contributed by atoms with van der Waals surface area (Å²) in [4.78, 5) is 19.0. The molecule has 1 saturated heterocycles. The number of pyridine rings is 1. The number of likely N-dealkylation sites (tertiary alicyclic amines) is 1. The number of para-hydroxylation sites is 1. The van der Waals surface area contributed by atoms with Gasteiger partial charge in [-0.25, -0.2) is 4.79 Å². The van der Waals surface area contributed by atoms with Gasteiger partial charge in [0, 0.05) is 30.2 Å². The van der Waals surface area contributed by atoms with Gasteiger partial charge in [0.15, 0.2) is 0 Å². The average molecular weight is 352 g/mol. The number of urea groups is 1. The third-order valence-electron chi connectivity index (χ3n) is 5.08. The van der Waals surface area contributed by atoms with Gasteiger partial charge in [0.05, 0.1) is 0 Å². The van der Waals surface area contributed by atoms with Crippen LogP contribution in [0, 0.1) is 0 Å². The first kappa shape index (κ1) is 18.4. The number of rotatable bonds is 7. The van der Waals surface area contributed by atoms with E-state index < -0.39 is 0 Å². The van der Waals surface area contributed by atoms with Crippen LogP contribution in [-0.2, 0) is 12.8 Å². The first-order chi connectivity index (χ1) is 12.7. The van der Waals surface area contributed by atoms with E-state index in [-0.39, 0.29) is 6.03 Å². The van der Waals surface area contributed by atoms with E-state index in [0.29, 0.717) is 12.6 Å². The summed E-state index contributed by atoms with van der Waals surface area (Å²) in [6.45, 7) is 1.87. The Morgan fingerprint density at radius 3 is 2.81 bits per heavy atom. The molecule has 5 nitrogen and oxygen atoms in total. The number of anilines is 1. The first-order valence-electron chi connectivity index (χ1n) is 9.45. The molecule has 0 aliphatic carbocycles. The number of nitrogens with zero attached hydrogens (tertiary/aromatic N) is 2. The highest BCUT2D eigenvalue weighted by Gasteiger charge is 2.20. The zero-order valence-corrected chi connectivity index (χ0v) is 15.4. The molecular weight excluding hydrogens is 324 g/mol.